The molecule has 0 fully saturated rings. The number of ether oxygens (including phenoxy) is 2. The molecule has 1 rings (SSSR count). The normalized spacial score (nSPS) is 11.8. The predicted molar refractivity (Wildman–Crippen MR) is 83.3 cm³/mol. The molecule has 0 aliphatic heterocycles. The van der Waals surface area contributed by atoms with E-state index in [1.165, 1.54) is 4.90 Å². The van der Waals surface area contributed by atoms with Crippen molar-refractivity contribution in [3.05, 3.63) is 24.3 Å². The number of carbonyl (C=O) groups excluding carboxylic acids is 1. The Balaban J connectivity index is 2.58. The van der Waals surface area contributed by atoms with E-state index in [9.17, 15) is 9.59 Å². The first-order valence-corrected chi connectivity index (χ1v) is 7.29. The van der Waals surface area contributed by atoms with Crippen LogP contribution >= 0.6 is 0 Å². The highest BCUT2D eigenvalue weighted by atomic mass is 16.5. The summed E-state index contributed by atoms with van der Waals surface area (Å²) in [4.78, 5) is 24.2. The minimum absolute atomic E-state index is 0.129. The Bertz CT molecular complexity index is 486. The molecule has 122 valence electrons. The van der Waals surface area contributed by atoms with Gasteiger partial charge in [0.2, 0.25) is 0 Å². The number of benzene rings is 1. The van der Waals surface area contributed by atoms with Crippen LogP contribution in [0.2, 0.25) is 0 Å². The van der Waals surface area contributed by atoms with Crippen molar-refractivity contribution in [1.82, 2.24) is 0 Å². The minimum atomic E-state index is -1.03. The Hall–Kier alpha value is -2.08. The maximum Gasteiger partial charge on any atom is 0.341 e. The highest BCUT2D eigenvalue weighted by molar-refractivity contribution is 5.95. The van der Waals surface area contributed by atoms with Crippen LogP contribution in [0.3, 0.4) is 0 Å². The Morgan fingerprint density at radius 2 is 1.91 bits per heavy atom. The number of hydrogen-bond acceptors (Lipinski definition) is 4. The molecule has 0 saturated carbocycles. The summed E-state index contributed by atoms with van der Waals surface area (Å²) in [5.41, 5.74) is 0.693. The third-order valence-electron chi connectivity index (χ3n) is 3.13. The molecule has 1 N–H and O–H groups in total. The van der Waals surface area contributed by atoms with Crippen molar-refractivity contribution in [2.45, 2.75) is 32.8 Å². The van der Waals surface area contributed by atoms with E-state index in [-0.39, 0.29) is 5.91 Å². The van der Waals surface area contributed by atoms with Gasteiger partial charge in [0.15, 0.2) is 6.61 Å². The maximum absolute atomic E-state index is 12.2. The summed E-state index contributed by atoms with van der Waals surface area (Å²) < 4.78 is 10.5. The van der Waals surface area contributed by atoms with Gasteiger partial charge < -0.3 is 19.5 Å². The van der Waals surface area contributed by atoms with Gasteiger partial charge in [0.25, 0.3) is 5.91 Å². The zero-order valence-corrected chi connectivity index (χ0v) is 13.2. The van der Waals surface area contributed by atoms with Crippen molar-refractivity contribution < 1.29 is 24.2 Å². The monoisotopic (exact) mass is 309 g/mol. The number of carbonyl (C=O) groups is 2. The number of aliphatic carboxylic acids is 1. The Kier molecular flexibility index (Phi) is 7.39. The first kappa shape index (κ1) is 18.0. The van der Waals surface area contributed by atoms with Gasteiger partial charge in [0.1, 0.15) is 11.9 Å². The minimum Gasteiger partial charge on any atom is -0.482 e. The highest BCUT2D eigenvalue weighted by Gasteiger charge is 2.19. The number of likely N-dealkylation sites (N-methyl/N-ethyl adjacent to an activating group) is 1. The van der Waals surface area contributed by atoms with Gasteiger partial charge in [-0.25, -0.2) is 4.79 Å². The predicted octanol–water partition coefficient (Wildman–Crippen LogP) is 2.32. The lowest BCUT2D eigenvalue weighted by Gasteiger charge is -2.22. The lowest BCUT2D eigenvalue weighted by Crippen LogP contribution is -2.36. The van der Waals surface area contributed by atoms with Crippen LogP contribution in [0.5, 0.6) is 5.75 Å². The molecule has 0 radical (unpaired) electrons. The van der Waals surface area contributed by atoms with Crippen LogP contribution in [0, 0.1) is 0 Å². The summed E-state index contributed by atoms with van der Waals surface area (Å²) in [5.74, 6) is -0.719. The molecule has 0 spiro atoms. The number of anilines is 1. The molecule has 1 atom stereocenters. The molecule has 1 aromatic carbocycles. The van der Waals surface area contributed by atoms with E-state index >= 15 is 0 Å². The van der Waals surface area contributed by atoms with E-state index in [4.69, 9.17) is 14.6 Å². The molecular formula is C16H23NO5. The summed E-state index contributed by atoms with van der Waals surface area (Å²) in [6.07, 6.45) is 1.45. The van der Waals surface area contributed by atoms with Gasteiger partial charge >= 0.3 is 5.97 Å². The number of hydrogen-bond donors (Lipinski definition) is 1. The molecule has 1 unspecified atom stereocenters. The average Bonchev–Trinajstić information content (AvgIpc) is 2.52. The largest absolute Gasteiger partial charge is 0.482 e. The third kappa shape index (κ3) is 5.73. The topological polar surface area (TPSA) is 76.1 Å². The fourth-order valence-electron chi connectivity index (χ4n) is 1.79. The van der Waals surface area contributed by atoms with Crippen LogP contribution < -0.4 is 9.64 Å². The van der Waals surface area contributed by atoms with E-state index in [0.29, 0.717) is 18.0 Å². The fourth-order valence-corrected chi connectivity index (χ4v) is 1.79. The molecule has 0 heterocycles. The summed E-state index contributed by atoms with van der Waals surface area (Å²) in [5, 5.41) is 8.55. The van der Waals surface area contributed by atoms with E-state index in [1.807, 2.05) is 0 Å². The molecule has 1 amide bonds. The van der Waals surface area contributed by atoms with Crippen molar-refractivity contribution in [1.29, 1.82) is 0 Å². The first-order valence-electron chi connectivity index (χ1n) is 7.29. The smallest absolute Gasteiger partial charge is 0.341 e. The van der Waals surface area contributed by atoms with Crippen LogP contribution in [-0.4, -0.2) is 43.3 Å². The molecule has 1 aromatic rings. The Morgan fingerprint density at radius 1 is 1.27 bits per heavy atom. The fraction of sp³-hybridized carbons (Fsp3) is 0.500. The van der Waals surface area contributed by atoms with Crippen molar-refractivity contribution in [3.63, 3.8) is 0 Å². The van der Waals surface area contributed by atoms with Crippen LogP contribution in [0.1, 0.15) is 26.7 Å². The molecule has 22 heavy (non-hydrogen) atoms. The lowest BCUT2D eigenvalue weighted by molar-refractivity contribution is -0.139. The van der Waals surface area contributed by atoms with Gasteiger partial charge in [0, 0.05) is 19.3 Å². The van der Waals surface area contributed by atoms with E-state index in [1.54, 1.807) is 38.2 Å². The SMILES string of the molecule is CCCCOC(C)C(=O)N(C)c1ccc(OCC(=O)O)cc1. The van der Waals surface area contributed by atoms with E-state index in [0.717, 1.165) is 12.8 Å². The van der Waals surface area contributed by atoms with E-state index in [2.05, 4.69) is 6.92 Å². The van der Waals surface area contributed by atoms with Crippen LogP contribution in [0.25, 0.3) is 0 Å². The van der Waals surface area contributed by atoms with Gasteiger partial charge in [0.05, 0.1) is 0 Å². The molecule has 0 saturated heterocycles. The van der Waals surface area contributed by atoms with Crippen molar-refractivity contribution >= 4 is 17.6 Å². The molecule has 0 aliphatic carbocycles. The number of amides is 1. The van der Waals surface area contributed by atoms with Crippen LogP contribution in [-0.2, 0) is 14.3 Å². The Morgan fingerprint density at radius 3 is 2.45 bits per heavy atom. The van der Waals surface area contributed by atoms with Gasteiger partial charge in [-0.2, -0.15) is 0 Å². The summed E-state index contributed by atoms with van der Waals surface area (Å²) >= 11 is 0. The van der Waals surface area contributed by atoms with Gasteiger partial charge in [-0.15, -0.1) is 0 Å². The molecule has 6 nitrogen and oxygen atoms in total. The second-order valence-electron chi connectivity index (χ2n) is 4.94. The zero-order chi connectivity index (χ0) is 16.5. The number of nitrogens with zero attached hydrogens (tertiary/aromatic N) is 1. The van der Waals surface area contributed by atoms with Crippen molar-refractivity contribution in [2.24, 2.45) is 0 Å². The van der Waals surface area contributed by atoms with Crippen molar-refractivity contribution in [3.8, 4) is 5.75 Å². The number of carboxylic acid groups (broad SMARTS) is 1. The Labute approximate surface area is 130 Å². The second kappa shape index (κ2) is 9.04. The van der Waals surface area contributed by atoms with Gasteiger partial charge in [-0.3, -0.25) is 4.79 Å². The van der Waals surface area contributed by atoms with Crippen molar-refractivity contribution in [2.75, 3.05) is 25.2 Å². The zero-order valence-electron chi connectivity index (χ0n) is 13.2. The van der Waals surface area contributed by atoms with Gasteiger partial charge in [-0.05, 0) is 37.6 Å². The summed E-state index contributed by atoms with van der Waals surface area (Å²) in [7, 11) is 1.68. The lowest BCUT2D eigenvalue weighted by atomic mass is 10.2. The molecule has 6 heteroatoms. The maximum atomic E-state index is 12.2. The highest BCUT2D eigenvalue weighted by Crippen LogP contribution is 2.19. The number of carboxylic acids is 1. The molecule has 0 aliphatic rings. The quantitative estimate of drug-likeness (QED) is 0.708. The first-order chi connectivity index (χ1) is 10.5. The number of rotatable bonds is 9. The average molecular weight is 309 g/mol. The molecular weight excluding hydrogens is 286 g/mol. The third-order valence-corrected chi connectivity index (χ3v) is 3.13. The number of unbranched alkanes of at least 4 members (excludes halogenated alkanes) is 1. The van der Waals surface area contributed by atoms with Crippen LogP contribution in [0.15, 0.2) is 24.3 Å². The van der Waals surface area contributed by atoms with Crippen LogP contribution in [0.4, 0.5) is 5.69 Å². The van der Waals surface area contributed by atoms with E-state index < -0.39 is 18.7 Å². The molecule has 0 bridgehead atoms. The van der Waals surface area contributed by atoms with Gasteiger partial charge in [-0.1, -0.05) is 13.3 Å². The second-order valence-corrected chi connectivity index (χ2v) is 4.94. The molecule has 0 aromatic heterocycles. The summed E-state index contributed by atoms with van der Waals surface area (Å²) in [6, 6.07) is 6.66. The standard InChI is InChI=1S/C16H23NO5/c1-4-5-10-21-12(2)16(20)17(3)13-6-8-14(9-7-13)22-11-15(18)19/h6-9,12H,4-5,10-11H2,1-3H3,(H,18,19). The summed E-state index contributed by atoms with van der Waals surface area (Å²) in [6.45, 7) is 3.98.